The van der Waals surface area contributed by atoms with E-state index in [1.165, 1.54) is 17.5 Å². The van der Waals surface area contributed by atoms with Gasteiger partial charge in [0.05, 0.1) is 16.6 Å². The van der Waals surface area contributed by atoms with Crippen molar-refractivity contribution in [1.29, 1.82) is 0 Å². The molecule has 0 bridgehead atoms. The number of amides is 2. The van der Waals surface area contributed by atoms with Crippen molar-refractivity contribution in [3.05, 3.63) is 53.6 Å². The number of nitrogens with zero attached hydrogens (tertiary/aromatic N) is 1. The topological polar surface area (TPSA) is 49.4 Å². The Morgan fingerprint density at radius 2 is 1.89 bits per heavy atom. The molecule has 27 heavy (non-hydrogen) atoms. The van der Waals surface area contributed by atoms with Crippen molar-refractivity contribution in [2.45, 2.75) is 55.7 Å². The molecule has 2 aliphatic rings. The summed E-state index contributed by atoms with van der Waals surface area (Å²) in [6, 6.07) is 14.0. The second kappa shape index (κ2) is 6.71. The number of nitrogens with one attached hydrogen (secondary N) is 1. The molecule has 0 unspecified atom stereocenters. The third-order valence-electron chi connectivity index (χ3n) is 5.46. The molecular weight excluding hydrogens is 356 g/mol. The molecule has 4 rings (SSSR count). The van der Waals surface area contributed by atoms with E-state index >= 15 is 0 Å². The molecule has 140 valence electrons. The number of carbonyl (C=O) groups is 2. The van der Waals surface area contributed by atoms with Gasteiger partial charge in [-0.25, -0.2) is 0 Å². The van der Waals surface area contributed by atoms with Crippen molar-refractivity contribution in [2.24, 2.45) is 0 Å². The summed E-state index contributed by atoms with van der Waals surface area (Å²) in [7, 11) is 0. The van der Waals surface area contributed by atoms with Gasteiger partial charge in [-0.2, -0.15) is 0 Å². The monoisotopic (exact) mass is 380 g/mol. The smallest absolute Gasteiger partial charge is 0.250 e. The molecule has 0 aromatic heterocycles. The van der Waals surface area contributed by atoms with Gasteiger partial charge in [0.1, 0.15) is 5.54 Å². The number of hydrogen-bond donors (Lipinski definition) is 1. The Kier molecular flexibility index (Phi) is 4.50. The highest BCUT2D eigenvalue weighted by Gasteiger charge is 2.44. The quantitative estimate of drug-likeness (QED) is 0.802. The van der Waals surface area contributed by atoms with Gasteiger partial charge in [-0.15, -0.1) is 11.8 Å². The summed E-state index contributed by atoms with van der Waals surface area (Å²) in [4.78, 5) is 28.7. The van der Waals surface area contributed by atoms with Crippen LogP contribution in [0.2, 0.25) is 0 Å². The number of aryl methyl sites for hydroxylation is 2. The van der Waals surface area contributed by atoms with Crippen LogP contribution < -0.4 is 10.2 Å². The van der Waals surface area contributed by atoms with Gasteiger partial charge in [0.2, 0.25) is 11.8 Å². The first kappa shape index (κ1) is 18.1. The maximum absolute atomic E-state index is 13.4. The first-order valence-corrected chi connectivity index (χ1v) is 10.3. The molecule has 0 saturated carbocycles. The molecule has 4 nitrogen and oxygen atoms in total. The Hall–Kier alpha value is -2.27. The second-order valence-corrected chi connectivity index (χ2v) is 9.16. The summed E-state index contributed by atoms with van der Waals surface area (Å²) in [5.74, 6) is -0.211. The molecule has 1 heterocycles. The number of hydrogen-bond acceptors (Lipinski definition) is 3. The van der Waals surface area contributed by atoms with Gasteiger partial charge in [0, 0.05) is 4.90 Å². The van der Waals surface area contributed by atoms with Crippen LogP contribution in [0.25, 0.3) is 0 Å². The van der Waals surface area contributed by atoms with E-state index < -0.39 is 5.54 Å². The fourth-order valence-corrected chi connectivity index (χ4v) is 4.88. The van der Waals surface area contributed by atoms with Crippen LogP contribution in [0, 0.1) is 0 Å². The van der Waals surface area contributed by atoms with Gasteiger partial charge in [-0.05, 0) is 75.4 Å². The van der Waals surface area contributed by atoms with E-state index in [1.54, 1.807) is 30.5 Å². The van der Waals surface area contributed by atoms with Crippen molar-refractivity contribution < 1.29 is 9.59 Å². The van der Waals surface area contributed by atoms with Gasteiger partial charge in [-0.3, -0.25) is 14.5 Å². The highest BCUT2D eigenvalue weighted by Crippen LogP contribution is 2.39. The summed E-state index contributed by atoms with van der Waals surface area (Å²) < 4.78 is 0. The number of para-hydroxylation sites is 2. The number of fused-ring (bicyclic) bond motifs is 2. The van der Waals surface area contributed by atoms with Gasteiger partial charge >= 0.3 is 0 Å². The lowest BCUT2D eigenvalue weighted by molar-refractivity contribution is -0.126. The largest absolute Gasteiger partial charge is 0.322 e. The molecule has 1 atom stereocenters. The van der Waals surface area contributed by atoms with E-state index in [0.29, 0.717) is 5.69 Å². The third kappa shape index (κ3) is 3.14. The highest BCUT2D eigenvalue weighted by atomic mass is 32.2. The van der Waals surface area contributed by atoms with Crippen LogP contribution in [0.3, 0.4) is 0 Å². The van der Waals surface area contributed by atoms with Crippen LogP contribution in [-0.2, 0) is 22.4 Å². The molecule has 2 amide bonds. The average Bonchev–Trinajstić information content (AvgIpc) is 3.10. The number of carbonyl (C=O) groups excluding carboxylic acids is 2. The van der Waals surface area contributed by atoms with Crippen molar-refractivity contribution in [2.75, 3.05) is 10.2 Å². The van der Waals surface area contributed by atoms with Gasteiger partial charge in [0.25, 0.3) is 0 Å². The van der Waals surface area contributed by atoms with E-state index in [-0.39, 0.29) is 17.1 Å². The Morgan fingerprint density at radius 3 is 2.70 bits per heavy atom. The zero-order valence-electron chi connectivity index (χ0n) is 15.9. The molecule has 0 fully saturated rings. The minimum Gasteiger partial charge on any atom is -0.322 e. The summed E-state index contributed by atoms with van der Waals surface area (Å²) in [6.45, 7) is 5.51. The van der Waals surface area contributed by atoms with Crippen molar-refractivity contribution in [3.63, 3.8) is 0 Å². The lowest BCUT2D eigenvalue weighted by Gasteiger charge is -2.43. The molecule has 0 spiro atoms. The minimum absolute atomic E-state index is 0.0483. The van der Waals surface area contributed by atoms with Crippen LogP contribution >= 0.6 is 11.8 Å². The summed E-state index contributed by atoms with van der Waals surface area (Å²) in [5, 5.41) is 2.62. The van der Waals surface area contributed by atoms with Gasteiger partial charge in [-0.1, -0.05) is 18.2 Å². The Morgan fingerprint density at radius 1 is 1.15 bits per heavy atom. The van der Waals surface area contributed by atoms with E-state index in [4.69, 9.17) is 0 Å². The SMILES string of the molecule is C[C@@H](Sc1ccc2c(c1)CCC2)C(=O)N1c2ccccc2NC(=O)C1(C)C. The first-order valence-electron chi connectivity index (χ1n) is 9.41. The van der Waals surface area contributed by atoms with Crippen molar-refractivity contribution in [3.8, 4) is 0 Å². The zero-order chi connectivity index (χ0) is 19.2. The Labute approximate surface area is 164 Å². The normalized spacial score (nSPS) is 18.5. The van der Waals surface area contributed by atoms with E-state index in [0.717, 1.165) is 23.4 Å². The summed E-state index contributed by atoms with van der Waals surface area (Å²) >= 11 is 1.57. The van der Waals surface area contributed by atoms with E-state index in [1.807, 2.05) is 31.2 Å². The van der Waals surface area contributed by atoms with E-state index in [9.17, 15) is 9.59 Å². The maximum atomic E-state index is 13.4. The molecule has 1 aliphatic carbocycles. The molecule has 2 aromatic rings. The number of rotatable bonds is 3. The predicted octanol–water partition coefficient (Wildman–Crippen LogP) is 4.42. The number of anilines is 2. The van der Waals surface area contributed by atoms with Crippen molar-refractivity contribution in [1.82, 2.24) is 0 Å². The summed E-state index contributed by atoms with van der Waals surface area (Å²) in [6.07, 6.45) is 3.49. The average molecular weight is 381 g/mol. The molecule has 5 heteroatoms. The Bertz CT molecular complexity index is 922. The molecule has 1 aliphatic heterocycles. The molecular formula is C22H24N2O2S. The highest BCUT2D eigenvalue weighted by molar-refractivity contribution is 8.00. The molecule has 0 radical (unpaired) electrons. The van der Waals surface area contributed by atoms with Crippen LogP contribution in [-0.4, -0.2) is 22.6 Å². The minimum atomic E-state index is -0.932. The zero-order valence-corrected chi connectivity index (χ0v) is 16.7. The first-order chi connectivity index (χ1) is 12.9. The van der Waals surface area contributed by atoms with Gasteiger partial charge in [0.15, 0.2) is 0 Å². The third-order valence-corrected chi connectivity index (χ3v) is 6.54. The van der Waals surface area contributed by atoms with Crippen LogP contribution in [0.1, 0.15) is 38.3 Å². The predicted molar refractivity (Wildman–Crippen MR) is 110 cm³/mol. The lowest BCUT2D eigenvalue weighted by atomic mass is 9.96. The number of benzene rings is 2. The molecule has 0 saturated heterocycles. The molecule has 2 aromatic carbocycles. The lowest BCUT2D eigenvalue weighted by Crippen LogP contribution is -2.60. The fraction of sp³-hybridized carbons (Fsp3) is 0.364. The second-order valence-electron chi connectivity index (χ2n) is 7.75. The Balaban J connectivity index is 1.62. The number of thioether (sulfide) groups is 1. The summed E-state index contributed by atoms with van der Waals surface area (Å²) in [5.41, 5.74) is 3.35. The van der Waals surface area contributed by atoms with Crippen molar-refractivity contribution >= 4 is 35.0 Å². The van der Waals surface area contributed by atoms with Crippen LogP contribution in [0.4, 0.5) is 11.4 Å². The maximum Gasteiger partial charge on any atom is 0.250 e. The molecule has 1 N–H and O–H groups in total. The fourth-order valence-electron chi connectivity index (χ4n) is 3.90. The van der Waals surface area contributed by atoms with E-state index in [2.05, 4.69) is 23.5 Å². The van der Waals surface area contributed by atoms with Gasteiger partial charge < -0.3 is 5.32 Å². The van der Waals surface area contributed by atoms with Crippen LogP contribution in [0.15, 0.2) is 47.4 Å². The standard InChI is InChI=1S/C22H24N2O2S/c1-14(27-17-12-11-15-7-6-8-16(15)13-17)20(25)24-19-10-5-4-9-18(19)23-21(26)22(24,2)3/h4-5,9-14H,6-8H2,1-3H3,(H,23,26)/t14-/m1/s1. The van der Waals surface area contributed by atoms with Crippen LogP contribution in [0.5, 0.6) is 0 Å².